The summed E-state index contributed by atoms with van der Waals surface area (Å²) < 4.78 is 37.3. The molecule has 0 spiro atoms. The van der Waals surface area contributed by atoms with E-state index in [0.717, 1.165) is 0 Å². The Bertz CT molecular complexity index is 675. The number of halogens is 1. The third-order valence-corrected chi connectivity index (χ3v) is 5.57. The standard InChI is InChI=1S/C13H18FN3O3S/c1-13(5-6-21(19,20)8-13)16-7-9-3-2-4-10(11(9)14)12(15)17-18/h2-4,16,18H,5-8H2,1H3,(H2,15,17). The molecular weight excluding hydrogens is 297 g/mol. The summed E-state index contributed by atoms with van der Waals surface area (Å²) in [6.07, 6.45) is 0.497. The minimum atomic E-state index is -3.02. The van der Waals surface area contributed by atoms with E-state index in [0.29, 0.717) is 12.0 Å². The fourth-order valence-corrected chi connectivity index (χ4v) is 4.55. The monoisotopic (exact) mass is 315 g/mol. The highest BCUT2D eigenvalue weighted by molar-refractivity contribution is 7.91. The fourth-order valence-electron chi connectivity index (χ4n) is 2.43. The van der Waals surface area contributed by atoms with Crippen LogP contribution in [0.25, 0.3) is 0 Å². The summed E-state index contributed by atoms with van der Waals surface area (Å²) in [5.41, 5.74) is 5.20. The SMILES string of the molecule is CC1(NCc2cccc(/C(N)=N/O)c2F)CCS(=O)(=O)C1. The Morgan fingerprint density at radius 2 is 2.29 bits per heavy atom. The molecule has 1 fully saturated rings. The minimum Gasteiger partial charge on any atom is -0.409 e. The molecular formula is C13H18FN3O3S. The number of amidine groups is 1. The van der Waals surface area contributed by atoms with Crippen LogP contribution in [0.2, 0.25) is 0 Å². The molecule has 0 amide bonds. The van der Waals surface area contributed by atoms with E-state index in [1.165, 1.54) is 6.07 Å². The Labute approximate surface area is 122 Å². The van der Waals surface area contributed by atoms with Crippen LogP contribution in [0.4, 0.5) is 4.39 Å². The average molecular weight is 315 g/mol. The van der Waals surface area contributed by atoms with Crippen LogP contribution in [0.15, 0.2) is 23.4 Å². The first-order chi connectivity index (χ1) is 9.76. The molecule has 0 saturated carbocycles. The van der Waals surface area contributed by atoms with Gasteiger partial charge in [-0.25, -0.2) is 12.8 Å². The summed E-state index contributed by atoms with van der Waals surface area (Å²) in [6.45, 7) is 1.98. The molecule has 116 valence electrons. The van der Waals surface area contributed by atoms with Gasteiger partial charge in [-0.2, -0.15) is 0 Å². The largest absolute Gasteiger partial charge is 0.409 e. The van der Waals surface area contributed by atoms with Crippen molar-refractivity contribution >= 4 is 15.7 Å². The number of hydrogen-bond acceptors (Lipinski definition) is 5. The van der Waals surface area contributed by atoms with E-state index < -0.39 is 21.2 Å². The second-order valence-electron chi connectivity index (χ2n) is 5.52. The number of nitrogens with one attached hydrogen (secondary N) is 1. The van der Waals surface area contributed by atoms with Gasteiger partial charge in [-0.1, -0.05) is 17.3 Å². The van der Waals surface area contributed by atoms with Gasteiger partial charge in [-0.05, 0) is 19.4 Å². The maximum atomic E-state index is 14.2. The van der Waals surface area contributed by atoms with E-state index in [2.05, 4.69) is 10.5 Å². The van der Waals surface area contributed by atoms with E-state index in [1.807, 2.05) is 6.92 Å². The number of nitrogens with two attached hydrogens (primary N) is 1. The number of nitrogens with zero attached hydrogens (tertiary/aromatic N) is 1. The molecule has 1 heterocycles. The number of sulfone groups is 1. The van der Waals surface area contributed by atoms with E-state index >= 15 is 0 Å². The topological polar surface area (TPSA) is 105 Å². The molecule has 8 heteroatoms. The first-order valence-corrected chi connectivity index (χ1v) is 8.29. The molecule has 0 radical (unpaired) electrons. The lowest BCUT2D eigenvalue weighted by molar-refractivity contribution is 0.318. The summed E-state index contributed by atoms with van der Waals surface area (Å²) in [6, 6.07) is 4.58. The van der Waals surface area contributed by atoms with Gasteiger partial charge < -0.3 is 16.3 Å². The van der Waals surface area contributed by atoms with Crippen molar-refractivity contribution in [1.82, 2.24) is 5.32 Å². The first kappa shape index (κ1) is 15.7. The normalized spacial score (nSPS) is 25.1. The fraction of sp³-hybridized carbons (Fsp3) is 0.462. The van der Waals surface area contributed by atoms with Crippen molar-refractivity contribution in [3.8, 4) is 0 Å². The molecule has 1 unspecified atom stereocenters. The predicted molar refractivity (Wildman–Crippen MR) is 77.4 cm³/mol. The van der Waals surface area contributed by atoms with Crippen molar-refractivity contribution in [2.24, 2.45) is 10.9 Å². The predicted octanol–water partition coefficient (Wildman–Crippen LogP) is 0.587. The molecule has 1 aromatic rings. The van der Waals surface area contributed by atoms with E-state index in [1.54, 1.807) is 12.1 Å². The minimum absolute atomic E-state index is 0.0148. The van der Waals surface area contributed by atoms with Gasteiger partial charge in [0.2, 0.25) is 0 Å². The molecule has 21 heavy (non-hydrogen) atoms. The van der Waals surface area contributed by atoms with Crippen molar-refractivity contribution in [1.29, 1.82) is 0 Å². The highest BCUT2D eigenvalue weighted by atomic mass is 32.2. The van der Waals surface area contributed by atoms with Crippen LogP contribution in [0, 0.1) is 5.82 Å². The number of rotatable bonds is 4. The molecule has 1 aliphatic heterocycles. The van der Waals surface area contributed by atoms with Crippen molar-refractivity contribution in [2.45, 2.75) is 25.4 Å². The van der Waals surface area contributed by atoms with Crippen molar-refractivity contribution in [3.63, 3.8) is 0 Å². The van der Waals surface area contributed by atoms with Gasteiger partial charge in [0.05, 0.1) is 17.1 Å². The number of hydrogen-bond donors (Lipinski definition) is 3. The third-order valence-electron chi connectivity index (χ3n) is 3.67. The Hall–Kier alpha value is -1.67. The Morgan fingerprint density at radius 3 is 2.86 bits per heavy atom. The maximum Gasteiger partial charge on any atom is 0.173 e. The van der Waals surface area contributed by atoms with Gasteiger partial charge >= 0.3 is 0 Å². The lowest BCUT2D eigenvalue weighted by Crippen LogP contribution is -2.43. The number of oxime groups is 1. The Kier molecular flexibility index (Phi) is 4.20. The van der Waals surface area contributed by atoms with Crippen molar-refractivity contribution in [2.75, 3.05) is 11.5 Å². The van der Waals surface area contributed by atoms with Crippen LogP contribution in [0.3, 0.4) is 0 Å². The second-order valence-corrected chi connectivity index (χ2v) is 7.70. The van der Waals surface area contributed by atoms with E-state index in [9.17, 15) is 12.8 Å². The van der Waals surface area contributed by atoms with Gasteiger partial charge in [0.1, 0.15) is 5.82 Å². The molecule has 6 nitrogen and oxygen atoms in total. The quantitative estimate of drug-likeness (QED) is 0.326. The zero-order valence-electron chi connectivity index (χ0n) is 11.6. The van der Waals surface area contributed by atoms with Crippen molar-refractivity contribution in [3.05, 3.63) is 35.1 Å². The Balaban J connectivity index is 2.15. The molecule has 1 saturated heterocycles. The third kappa shape index (κ3) is 3.51. The van der Waals surface area contributed by atoms with Crippen LogP contribution in [0.1, 0.15) is 24.5 Å². The number of benzene rings is 1. The van der Waals surface area contributed by atoms with Crippen LogP contribution >= 0.6 is 0 Å². The van der Waals surface area contributed by atoms with Crippen LogP contribution in [-0.4, -0.2) is 36.5 Å². The van der Waals surface area contributed by atoms with Crippen LogP contribution in [0.5, 0.6) is 0 Å². The maximum absolute atomic E-state index is 14.2. The molecule has 1 aliphatic rings. The summed E-state index contributed by atoms with van der Waals surface area (Å²) in [5, 5.41) is 14.5. The van der Waals surface area contributed by atoms with E-state index in [-0.39, 0.29) is 29.4 Å². The molecule has 0 aliphatic carbocycles. The zero-order valence-corrected chi connectivity index (χ0v) is 12.5. The van der Waals surface area contributed by atoms with Gasteiger partial charge in [-0.3, -0.25) is 0 Å². The Morgan fingerprint density at radius 1 is 1.57 bits per heavy atom. The first-order valence-electron chi connectivity index (χ1n) is 6.47. The lowest BCUT2D eigenvalue weighted by atomic mass is 10.0. The molecule has 1 aromatic carbocycles. The van der Waals surface area contributed by atoms with Crippen molar-refractivity contribution < 1.29 is 18.0 Å². The molecule has 0 aromatic heterocycles. The summed E-state index contributed by atoms with van der Waals surface area (Å²) in [7, 11) is -3.02. The van der Waals surface area contributed by atoms with E-state index in [4.69, 9.17) is 10.9 Å². The second kappa shape index (κ2) is 5.61. The van der Waals surface area contributed by atoms with Gasteiger partial charge in [0.15, 0.2) is 15.7 Å². The van der Waals surface area contributed by atoms with Gasteiger partial charge in [-0.15, -0.1) is 0 Å². The highest BCUT2D eigenvalue weighted by Gasteiger charge is 2.37. The van der Waals surface area contributed by atoms with Gasteiger partial charge in [0.25, 0.3) is 0 Å². The molecule has 1 atom stereocenters. The molecule has 4 N–H and O–H groups in total. The van der Waals surface area contributed by atoms with Gasteiger partial charge in [0, 0.05) is 17.6 Å². The summed E-state index contributed by atoms with van der Waals surface area (Å²) >= 11 is 0. The molecule has 2 rings (SSSR count). The summed E-state index contributed by atoms with van der Waals surface area (Å²) in [4.78, 5) is 0. The highest BCUT2D eigenvalue weighted by Crippen LogP contribution is 2.24. The summed E-state index contributed by atoms with van der Waals surface area (Å²) in [5.74, 6) is -0.696. The lowest BCUT2D eigenvalue weighted by Gasteiger charge is -2.24. The smallest absolute Gasteiger partial charge is 0.173 e. The molecule has 0 bridgehead atoms. The van der Waals surface area contributed by atoms with Crippen LogP contribution in [-0.2, 0) is 16.4 Å². The van der Waals surface area contributed by atoms with Crippen LogP contribution < -0.4 is 11.1 Å². The zero-order chi connectivity index (χ0) is 15.7. The average Bonchev–Trinajstić information content (AvgIpc) is 2.71.